The van der Waals surface area contributed by atoms with E-state index < -0.39 is 0 Å². The highest BCUT2D eigenvalue weighted by Gasteiger charge is 2.31. The van der Waals surface area contributed by atoms with Gasteiger partial charge in [-0.2, -0.15) is 0 Å². The van der Waals surface area contributed by atoms with Crippen molar-refractivity contribution in [3.8, 4) is 0 Å². The van der Waals surface area contributed by atoms with Gasteiger partial charge in [0.1, 0.15) is 0 Å². The van der Waals surface area contributed by atoms with E-state index in [0.29, 0.717) is 22.9 Å². The molecule has 1 aliphatic rings. The number of nitrogens with one attached hydrogen (secondary N) is 2. The molecule has 104 valence electrons. The van der Waals surface area contributed by atoms with E-state index in [4.69, 9.17) is 22.2 Å². The van der Waals surface area contributed by atoms with Crippen molar-refractivity contribution in [2.24, 2.45) is 5.84 Å². The molecular formula is C13H18ClN3O2. The van der Waals surface area contributed by atoms with E-state index >= 15 is 0 Å². The topological polar surface area (TPSA) is 76.4 Å². The van der Waals surface area contributed by atoms with Crippen LogP contribution in [0.1, 0.15) is 30.1 Å². The molecular weight excluding hydrogens is 266 g/mol. The Kier molecular flexibility index (Phi) is 4.63. The Morgan fingerprint density at radius 3 is 2.89 bits per heavy atom. The molecule has 6 heteroatoms. The second kappa shape index (κ2) is 6.23. The highest BCUT2D eigenvalue weighted by atomic mass is 35.5. The van der Waals surface area contributed by atoms with Gasteiger partial charge in [-0.1, -0.05) is 11.6 Å². The van der Waals surface area contributed by atoms with Crippen molar-refractivity contribution in [2.45, 2.75) is 31.9 Å². The van der Waals surface area contributed by atoms with Crippen LogP contribution in [0, 0.1) is 0 Å². The predicted molar refractivity (Wildman–Crippen MR) is 75.2 cm³/mol. The molecule has 5 nitrogen and oxygen atoms in total. The highest BCUT2D eigenvalue weighted by Crippen LogP contribution is 2.25. The Morgan fingerprint density at radius 2 is 2.26 bits per heavy atom. The smallest absolute Gasteiger partial charge is 0.253 e. The quantitative estimate of drug-likeness (QED) is 0.570. The van der Waals surface area contributed by atoms with Gasteiger partial charge in [-0.25, -0.2) is 0 Å². The van der Waals surface area contributed by atoms with Crippen molar-refractivity contribution >= 4 is 23.2 Å². The number of hydrazine groups is 1. The maximum absolute atomic E-state index is 12.1. The second-order valence-electron chi connectivity index (χ2n) is 4.55. The molecule has 1 aliphatic carbocycles. The molecule has 0 saturated heterocycles. The van der Waals surface area contributed by atoms with Crippen LogP contribution in [0.3, 0.4) is 0 Å². The molecule has 0 aromatic heterocycles. The summed E-state index contributed by atoms with van der Waals surface area (Å²) in [5.41, 5.74) is 3.51. The Morgan fingerprint density at radius 1 is 1.53 bits per heavy atom. The van der Waals surface area contributed by atoms with Gasteiger partial charge >= 0.3 is 0 Å². The van der Waals surface area contributed by atoms with Crippen LogP contribution in [-0.2, 0) is 4.74 Å². The third-order valence-electron chi connectivity index (χ3n) is 3.21. The minimum Gasteiger partial charge on any atom is -0.378 e. The molecule has 1 saturated carbocycles. The van der Waals surface area contributed by atoms with Crippen molar-refractivity contribution in [3.05, 3.63) is 28.8 Å². The number of hydrogen-bond donors (Lipinski definition) is 3. The minimum atomic E-state index is -0.171. The first-order valence-corrected chi connectivity index (χ1v) is 6.70. The standard InChI is InChI=1S/C13H18ClN3O2/c1-2-19-10-6-9(7-10)16-13(18)11-5-8(14)3-4-12(11)17-15/h3-5,9-10,17H,2,6-7,15H2,1H3,(H,16,18). The molecule has 0 atom stereocenters. The first kappa shape index (κ1) is 14.1. The maximum Gasteiger partial charge on any atom is 0.253 e. The van der Waals surface area contributed by atoms with Crippen LogP contribution >= 0.6 is 11.6 Å². The summed E-state index contributed by atoms with van der Waals surface area (Å²) in [6, 6.07) is 5.13. The van der Waals surface area contributed by atoms with Crippen LogP contribution in [0.5, 0.6) is 0 Å². The number of nitrogen functional groups attached to an aromatic ring is 1. The number of hydrogen-bond acceptors (Lipinski definition) is 4. The Balaban J connectivity index is 1.95. The van der Waals surface area contributed by atoms with Gasteiger partial charge in [-0.05, 0) is 38.0 Å². The largest absolute Gasteiger partial charge is 0.378 e. The number of benzene rings is 1. The first-order valence-electron chi connectivity index (χ1n) is 6.32. The molecule has 0 heterocycles. The third kappa shape index (κ3) is 3.37. The van der Waals surface area contributed by atoms with E-state index in [2.05, 4.69) is 10.7 Å². The molecule has 1 amide bonds. The summed E-state index contributed by atoms with van der Waals surface area (Å²) in [6.07, 6.45) is 1.97. The predicted octanol–water partition coefficient (Wildman–Crippen LogP) is 1.92. The molecule has 1 fully saturated rings. The van der Waals surface area contributed by atoms with Crippen molar-refractivity contribution in [1.29, 1.82) is 0 Å². The van der Waals surface area contributed by atoms with Gasteiger partial charge in [0.05, 0.1) is 17.4 Å². The lowest BCUT2D eigenvalue weighted by molar-refractivity contribution is -0.00861. The number of ether oxygens (including phenoxy) is 1. The average molecular weight is 284 g/mol. The molecule has 0 bridgehead atoms. The van der Waals surface area contributed by atoms with E-state index in [0.717, 1.165) is 12.8 Å². The zero-order valence-electron chi connectivity index (χ0n) is 10.8. The van der Waals surface area contributed by atoms with Crippen LogP contribution in [-0.4, -0.2) is 24.7 Å². The van der Waals surface area contributed by atoms with Crippen molar-refractivity contribution < 1.29 is 9.53 Å². The van der Waals surface area contributed by atoms with Crippen LogP contribution in [0.2, 0.25) is 5.02 Å². The third-order valence-corrected chi connectivity index (χ3v) is 3.45. The SMILES string of the molecule is CCOC1CC(NC(=O)c2cc(Cl)ccc2NN)C1. The minimum absolute atomic E-state index is 0.161. The van der Waals surface area contributed by atoms with Crippen LogP contribution in [0.4, 0.5) is 5.69 Å². The molecule has 19 heavy (non-hydrogen) atoms. The highest BCUT2D eigenvalue weighted by molar-refractivity contribution is 6.31. The van der Waals surface area contributed by atoms with Crippen LogP contribution in [0.25, 0.3) is 0 Å². The second-order valence-corrected chi connectivity index (χ2v) is 4.99. The number of rotatable bonds is 5. The van der Waals surface area contributed by atoms with Crippen LogP contribution < -0.4 is 16.6 Å². The number of anilines is 1. The summed E-state index contributed by atoms with van der Waals surface area (Å²) in [5.74, 6) is 5.21. The molecule has 1 aromatic carbocycles. The summed E-state index contributed by atoms with van der Waals surface area (Å²) in [7, 11) is 0. The zero-order valence-corrected chi connectivity index (χ0v) is 11.5. The normalized spacial score (nSPS) is 21.6. The Bertz CT molecular complexity index is 461. The molecule has 2 rings (SSSR count). The summed E-state index contributed by atoms with van der Waals surface area (Å²) >= 11 is 5.90. The summed E-state index contributed by atoms with van der Waals surface area (Å²) in [5, 5.41) is 3.45. The Labute approximate surface area is 117 Å². The number of carbonyl (C=O) groups excluding carboxylic acids is 1. The van der Waals surface area contributed by atoms with Crippen molar-refractivity contribution in [1.82, 2.24) is 5.32 Å². The van der Waals surface area contributed by atoms with Gasteiger partial charge in [0, 0.05) is 17.7 Å². The lowest BCUT2D eigenvalue weighted by Crippen LogP contribution is -2.48. The maximum atomic E-state index is 12.1. The monoisotopic (exact) mass is 283 g/mol. The summed E-state index contributed by atoms with van der Waals surface area (Å²) in [6.45, 7) is 2.68. The number of halogens is 1. The fraction of sp³-hybridized carbons (Fsp3) is 0.462. The zero-order chi connectivity index (χ0) is 13.8. The average Bonchev–Trinajstić information content (AvgIpc) is 2.36. The fourth-order valence-electron chi connectivity index (χ4n) is 2.15. The van der Waals surface area contributed by atoms with Gasteiger partial charge in [-0.15, -0.1) is 0 Å². The van der Waals surface area contributed by atoms with Gasteiger partial charge in [0.25, 0.3) is 5.91 Å². The number of nitrogens with two attached hydrogens (primary N) is 1. The molecule has 0 radical (unpaired) electrons. The van der Waals surface area contributed by atoms with Crippen LogP contribution in [0.15, 0.2) is 18.2 Å². The van der Waals surface area contributed by atoms with Crippen molar-refractivity contribution in [3.63, 3.8) is 0 Å². The molecule has 4 N–H and O–H groups in total. The number of carbonyl (C=O) groups is 1. The van der Waals surface area contributed by atoms with Crippen molar-refractivity contribution in [2.75, 3.05) is 12.0 Å². The molecule has 0 aliphatic heterocycles. The van der Waals surface area contributed by atoms with Gasteiger partial charge in [0.2, 0.25) is 0 Å². The first-order chi connectivity index (χ1) is 9.13. The van der Waals surface area contributed by atoms with Gasteiger partial charge < -0.3 is 15.5 Å². The molecule has 1 aromatic rings. The summed E-state index contributed by atoms with van der Waals surface area (Å²) < 4.78 is 5.45. The molecule has 0 unspecified atom stereocenters. The fourth-order valence-corrected chi connectivity index (χ4v) is 2.32. The lowest BCUT2D eigenvalue weighted by atomic mass is 9.89. The molecule has 0 spiro atoms. The Hall–Kier alpha value is -1.30. The van der Waals surface area contributed by atoms with E-state index in [1.54, 1.807) is 18.2 Å². The van der Waals surface area contributed by atoms with E-state index in [-0.39, 0.29) is 18.1 Å². The van der Waals surface area contributed by atoms with E-state index in [1.807, 2.05) is 6.92 Å². The lowest BCUT2D eigenvalue weighted by Gasteiger charge is -2.35. The van der Waals surface area contributed by atoms with Gasteiger partial charge in [0.15, 0.2) is 0 Å². The van der Waals surface area contributed by atoms with Gasteiger partial charge in [-0.3, -0.25) is 10.6 Å². The van der Waals surface area contributed by atoms with E-state index in [1.165, 1.54) is 0 Å². The summed E-state index contributed by atoms with van der Waals surface area (Å²) in [4.78, 5) is 12.1. The van der Waals surface area contributed by atoms with E-state index in [9.17, 15) is 4.79 Å². The number of amides is 1.